The van der Waals surface area contributed by atoms with E-state index < -0.39 is 0 Å². The van der Waals surface area contributed by atoms with Gasteiger partial charge in [0, 0.05) is 6.04 Å². The van der Waals surface area contributed by atoms with Crippen LogP contribution in [0.5, 0.6) is 0 Å². The number of hydrogen-bond donors (Lipinski definition) is 2. The molecule has 1 aliphatic rings. The van der Waals surface area contributed by atoms with Crippen molar-refractivity contribution in [1.29, 1.82) is 0 Å². The highest BCUT2D eigenvalue weighted by molar-refractivity contribution is 5.67. The molecule has 0 radical (unpaired) electrons. The molecule has 1 fully saturated rings. The van der Waals surface area contributed by atoms with Crippen LogP contribution in [-0.2, 0) is 0 Å². The van der Waals surface area contributed by atoms with Gasteiger partial charge in [0.1, 0.15) is 0 Å². The summed E-state index contributed by atoms with van der Waals surface area (Å²) in [5.41, 5.74) is 9.20. The summed E-state index contributed by atoms with van der Waals surface area (Å²) in [5, 5.41) is 3.58. The molecule has 2 rings (SSSR count). The van der Waals surface area contributed by atoms with Crippen LogP contribution in [0.1, 0.15) is 38.2 Å². The normalized spacial score (nSPS) is 17.1. The number of nitrogens with two attached hydrogens (primary N) is 1. The van der Waals surface area contributed by atoms with Crippen LogP contribution >= 0.6 is 0 Å². The highest BCUT2D eigenvalue weighted by atomic mass is 14.9. The van der Waals surface area contributed by atoms with Crippen LogP contribution in [0.3, 0.4) is 0 Å². The van der Waals surface area contributed by atoms with Gasteiger partial charge in [0.05, 0.1) is 11.4 Å². The molecule has 1 atom stereocenters. The molecule has 0 heterocycles. The van der Waals surface area contributed by atoms with Crippen LogP contribution in [-0.4, -0.2) is 6.04 Å². The van der Waals surface area contributed by atoms with Crippen LogP contribution in [0.25, 0.3) is 0 Å². The van der Waals surface area contributed by atoms with Crippen LogP contribution in [0.2, 0.25) is 0 Å². The first kappa shape index (κ1) is 11.3. The first-order valence-electron chi connectivity index (χ1n) is 6.31. The maximum Gasteiger partial charge on any atom is 0.0578 e. The fourth-order valence-electron chi connectivity index (χ4n) is 2.10. The minimum absolute atomic E-state index is 0.580. The van der Waals surface area contributed by atoms with Crippen LogP contribution in [0, 0.1) is 12.8 Å². The van der Waals surface area contributed by atoms with E-state index in [9.17, 15) is 0 Å². The number of anilines is 2. The van der Waals surface area contributed by atoms with Gasteiger partial charge in [-0.25, -0.2) is 0 Å². The SMILES string of the molecule is CCC(CC1CC1)Nc1cc(C)ccc1N. The highest BCUT2D eigenvalue weighted by Gasteiger charge is 2.24. The molecule has 0 bridgehead atoms. The summed E-state index contributed by atoms with van der Waals surface area (Å²) in [6.07, 6.45) is 5.30. The van der Waals surface area contributed by atoms with Crippen molar-refractivity contribution >= 4 is 11.4 Å². The summed E-state index contributed by atoms with van der Waals surface area (Å²) in [7, 11) is 0. The summed E-state index contributed by atoms with van der Waals surface area (Å²) >= 11 is 0. The Hall–Kier alpha value is -1.18. The van der Waals surface area contributed by atoms with E-state index in [0.717, 1.165) is 17.3 Å². The second-order valence-electron chi connectivity index (χ2n) is 5.02. The zero-order valence-electron chi connectivity index (χ0n) is 10.3. The molecule has 1 aromatic carbocycles. The smallest absolute Gasteiger partial charge is 0.0578 e. The lowest BCUT2D eigenvalue weighted by Crippen LogP contribution is -2.19. The summed E-state index contributed by atoms with van der Waals surface area (Å²) < 4.78 is 0. The van der Waals surface area contributed by atoms with Gasteiger partial charge in [-0.15, -0.1) is 0 Å². The highest BCUT2D eigenvalue weighted by Crippen LogP contribution is 2.35. The maximum atomic E-state index is 5.98. The van der Waals surface area contributed by atoms with E-state index in [-0.39, 0.29) is 0 Å². The standard InChI is InChI=1S/C14H22N2/c1-3-12(9-11-5-6-11)16-14-8-10(2)4-7-13(14)15/h4,7-8,11-12,16H,3,5-6,9,15H2,1-2H3. The van der Waals surface area contributed by atoms with Crippen molar-refractivity contribution in [2.75, 3.05) is 11.1 Å². The monoisotopic (exact) mass is 218 g/mol. The Morgan fingerprint density at radius 2 is 2.19 bits per heavy atom. The zero-order chi connectivity index (χ0) is 11.5. The van der Waals surface area contributed by atoms with Gasteiger partial charge in [0.15, 0.2) is 0 Å². The second kappa shape index (κ2) is 4.77. The predicted octanol–water partition coefficient (Wildman–Crippen LogP) is 3.57. The fourth-order valence-corrected chi connectivity index (χ4v) is 2.10. The van der Waals surface area contributed by atoms with Crippen molar-refractivity contribution in [1.82, 2.24) is 0 Å². The third-order valence-electron chi connectivity index (χ3n) is 3.38. The first-order chi connectivity index (χ1) is 7.69. The molecular weight excluding hydrogens is 196 g/mol. The Bertz CT molecular complexity index is 356. The van der Waals surface area contributed by atoms with Crippen LogP contribution in [0.4, 0.5) is 11.4 Å². The van der Waals surface area contributed by atoms with Gasteiger partial charge in [0.25, 0.3) is 0 Å². The molecule has 88 valence electrons. The van der Waals surface area contributed by atoms with Gasteiger partial charge in [-0.3, -0.25) is 0 Å². The third kappa shape index (κ3) is 2.91. The number of benzene rings is 1. The third-order valence-corrected chi connectivity index (χ3v) is 3.38. The average Bonchev–Trinajstić information content (AvgIpc) is 3.06. The molecule has 1 saturated carbocycles. The molecule has 0 spiro atoms. The van der Waals surface area contributed by atoms with E-state index in [2.05, 4.69) is 31.3 Å². The van der Waals surface area contributed by atoms with Gasteiger partial charge >= 0.3 is 0 Å². The summed E-state index contributed by atoms with van der Waals surface area (Å²) in [6, 6.07) is 6.77. The van der Waals surface area contributed by atoms with Crippen molar-refractivity contribution in [3.8, 4) is 0 Å². The lowest BCUT2D eigenvalue weighted by atomic mass is 10.1. The molecule has 3 N–H and O–H groups in total. The van der Waals surface area contributed by atoms with Crippen LogP contribution in [0.15, 0.2) is 18.2 Å². The molecule has 1 aromatic rings. The number of aryl methyl sites for hydroxylation is 1. The number of hydrogen-bond acceptors (Lipinski definition) is 2. The van der Waals surface area contributed by atoms with Gasteiger partial charge in [-0.1, -0.05) is 25.8 Å². The van der Waals surface area contributed by atoms with Gasteiger partial charge < -0.3 is 11.1 Å². The van der Waals surface area contributed by atoms with E-state index in [1.165, 1.54) is 31.2 Å². The number of nitrogen functional groups attached to an aromatic ring is 1. The van der Waals surface area contributed by atoms with E-state index in [0.29, 0.717) is 6.04 Å². The van der Waals surface area contributed by atoms with Crippen molar-refractivity contribution in [3.05, 3.63) is 23.8 Å². The summed E-state index contributed by atoms with van der Waals surface area (Å²) in [4.78, 5) is 0. The average molecular weight is 218 g/mol. The van der Waals surface area contributed by atoms with Gasteiger partial charge in [-0.2, -0.15) is 0 Å². The van der Waals surface area contributed by atoms with Crippen molar-refractivity contribution in [2.24, 2.45) is 5.92 Å². The van der Waals surface area contributed by atoms with E-state index >= 15 is 0 Å². The van der Waals surface area contributed by atoms with Crippen molar-refractivity contribution in [2.45, 2.75) is 45.6 Å². The van der Waals surface area contributed by atoms with Gasteiger partial charge in [0.2, 0.25) is 0 Å². The van der Waals surface area contributed by atoms with Crippen LogP contribution < -0.4 is 11.1 Å². The Kier molecular flexibility index (Phi) is 3.37. The minimum atomic E-state index is 0.580. The molecule has 2 nitrogen and oxygen atoms in total. The number of rotatable bonds is 5. The summed E-state index contributed by atoms with van der Waals surface area (Å²) in [5.74, 6) is 0.962. The summed E-state index contributed by atoms with van der Waals surface area (Å²) in [6.45, 7) is 4.35. The molecule has 0 saturated heterocycles. The molecule has 2 heteroatoms. The Morgan fingerprint density at radius 3 is 2.81 bits per heavy atom. The largest absolute Gasteiger partial charge is 0.397 e. The minimum Gasteiger partial charge on any atom is -0.397 e. The lowest BCUT2D eigenvalue weighted by molar-refractivity contribution is 0.587. The fraction of sp³-hybridized carbons (Fsp3) is 0.571. The Labute approximate surface area is 98.2 Å². The zero-order valence-corrected chi connectivity index (χ0v) is 10.3. The molecular formula is C14H22N2. The van der Waals surface area contributed by atoms with Crippen molar-refractivity contribution in [3.63, 3.8) is 0 Å². The van der Waals surface area contributed by atoms with Gasteiger partial charge in [-0.05, 0) is 43.4 Å². The first-order valence-corrected chi connectivity index (χ1v) is 6.31. The van der Waals surface area contributed by atoms with E-state index in [4.69, 9.17) is 5.73 Å². The molecule has 0 aromatic heterocycles. The Morgan fingerprint density at radius 1 is 1.44 bits per heavy atom. The second-order valence-corrected chi connectivity index (χ2v) is 5.02. The predicted molar refractivity (Wildman–Crippen MR) is 70.6 cm³/mol. The molecule has 1 aliphatic carbocycles. The Balaban J connectivity index is 2.01. The number of nitrogens with one attached hydrogen (secondary N) is 1. The molecule has 0 amide bonds. The molecule has 16 heavy (non-hydrogen) atoms. The molecule has 1 unspecified atom stereocenters. The maximum absolute atomic E-state index is 5.98. The van der Waals surface area contributed by atoms with E-state index in [1.807, 2.05) is 6.07 Å². The lowest BCUT2D eigenvalue weighted by Gasteiger charge is -2.19. The topological polar surface area (TPSA) is 38.0 Å². The quantitative estimate of drug-likeness (QED) is 0.741. The van der Waals surface area contributed by atoms with E-state index in [1.54, 1.807) is 0 Å². The molecule has 0 aliphatic heterocycles. The van der Waals surface area contributed by atoms with Crippen molar-refractivity contribution < 1.29 is 0 Å².